The van der Waals surface area contributed by atoms with Gasteiger partial charge in [0, 0.05) is 31.2 Å². The van der Waals surface area contributed by atoms with E-state index in [1.54, 1.807) is 14.0 Å². The van der Waals surface area contributed by atoms with E-state index in [0.717, 1.165) is 36.6 Å². The van der Waals surface area contributed by atoms with Crippen LogP contribution in [-0.2, 0) is 0 Å². The second kappa shape index (κ2) is 7.63. The number of nitrogens with zero attached hydrogens (tertiary/aromatic N) is 3. The summed E-state index contributed by atoms with van der Waals surface area (Å²) >= 11 is 0. The van der Waals surface area contributed by atoms with E-state index in [2.05, 4.69) is 10.3 Å². The Morgan fingerprint density at radius 3 is 2.79 bits per heavy atom. The highest BCUT2D eigenvalue weighted by Crippen LogP contribution is 2.34. The second-order valence-corrected chi connectivity index (χ2v) is 7.28. The third kappa shape index (κ3) is 3.60. The van der Waals surface area contributed by atoms with Gasteiger partial charge in [-0.05, 0) is 37.7 Å². The molecule has 0 spiro atoms. The number of oxazole rings is 1. The quantitative estimate of drug-likeness (QED) is 0.700. The van der Waals surface area contributed by atoms with Gasteiger partial charge in [0.05, 0.1) is 24.4 Å². The predicted octanol–water partition coefficient (Wildman–Crippen LogP) is 3.32. The van der Waals surface area contributed by atoms with Crippen molar-refractivity contribution in [1.82, 2.24) is 14.8 Å². The molecular weight excluding hydrogens is 360 g/mol. The number of carbonyl (C=O) groups is 1. The van der Waals surface area contributed by atoms with E-state index in [1.165, 1.54) is 6.26 Å². The number of hydrogen-bond acceptors (Lipinski definition) is 6. The Kier molecular flexibility index (Phi) is 5.04. The molecule has 1 amide bonds. The molecule has 1 aliphatic rings. The summed E-state index contributed by atoms with van der Waals surface area (Å²) in [5, 5.41) is 17.8. The molecule has 8 nitrogen and oxygen atoms in total. The van der Waals surface area contributed by atoms with Gasteiger partial charge in [-0.25, -0.2) is 4.98 Å². The Labute approximate surface area is 162 Å². The van der Waals surface area contributed by atoms with Gasteiger partial charge in [0.2, 0.25) is 0 Å². The number of hydrogen-bond donors (Lipinski definition) is 2. The van der Waals surface area contributed by atoms with Gasteiger partial charge in [-0.1, -0.05) is 0 Å². The molecule has 2 aromatic heterocycles. The number of benzene rings is 1. The topological polar surface area (TPSA) is 102 Å². The number of amides is 1. The fourth-order valence-corrected chi connectivity index (χ4v) is 3.77. The van der Waals surface area contributed by atoms with Crippen LogP contribution in [-0.4, -0.2) is 39.5 Å². The maximum absolute atomic E-state index is 12.4. The molecule has 8 heteroatoms. The molecule has 1 aromatic carbocycles. The summed E-state index contributed by atoms with van der Waals surface area (Å²) in [6.45, 7) is 1.95. The molecule has 0 atom stereocenters. The predicted molar refractivity (Wildman–Crippen MR) is 104 cm³/mol. The summed E-state index contributed by atoms with van der Waals surface area (Å²) < 4.78 is 12.6. The van der Waals surface area contributed by atoms with Gasteiger partial charge in [0.25, 0.3) is 5.91 Å². The SMILES string of the molecule is COc1cc2nn([C@H]3CC[C@H](CO)CC3)cc2cc1NC(=O)c1coc(C)n1. The third-order valence-electron chi connectivity index (χ3n) is 5.39. The molecule has 0 bridgehead atoms. The Bertz CT molecular complexity index is 985. The Hall–Kier alpha value is -2.87. The fourth-order valence-electron chi connectivity index (χ4n) is 3.77. The van der Waals surface area contributed by atoms with Crippen LogP contribution in [0.3, 0.4) is 0 Å². The molecule has 1 fully saturated rings. The number of aryl methyl sites for hydroxylation is 1. The van der Waals surface area contributed by atoms with Crippen LogP contribution in [0.1, 0.15) is 48.1 Å². The summed E-state index contributed by atoms with van der Waals surface area (Å²) in [6, 6.07) is 4.02. The first-order chi connectivity index (χ1) is 13.6. The van der Waals surface area contributed by atoms with Gasteiger partial charge in [-0.15, -0.1) is 0 Å². The summed E-state index contributed by atoms with van der Waals surface area (Å²) in [5.74, 6) is 1.02. The van der Waals surface area contributed by atoms with Crippen LogP contribution >= 0.6 is 0 Å². The third-order valence-corrected chi connectivity index (χ3v) is 5.39. The van der Waals surface area contributed by atoms with Crippen LogP contribution in [0, 0.1) is 12.8 Å². The number of nitrogens with one attached hydrogen (secondary N) is 1. The van der Waals surface area contributed by atoms with E-state index in [-0.39, 0.29) is 18.2 Å². The molecule has 2 N–H and O–H groups in total. The molecule has 0 unspecified atom stereocenters. The molecule has 148 valence electrons. The van der Waals surface area contributed by atoms with Crippen LogP contribution in [0.4, 0.5) is 5.69 Å². The van der Waals surface area contributed by atoms with Crippen LogP contribution in [0.2, 0.25) is 0 Å². The van der Waals surface area contributed by atoms with Gasteiger partial charge < -0.3 is 19.6 Å². The van der Waals surface area contributed by atoms with Crippen molar-refractivity contribution in [3.05, 3.63) is 36.2 Å². The summed E-state index contributed by atoms with van der Waals surface area (Å²) in [4.78, 5) is 16.5. The van der Waals surface area contributed by atoms with Gasteiger partial charge >= 0.3 is 0 Å². The molecule has 0 saturated heterocycles. The van der Waals surface area contributed by atoms with Crippen molar-refractivity contribution in [3.63, 3.8) is 0 Å². The van der Waals surface area contributed by atoms with Gasteiger partial charge in [-0.2, -0.15) is 5.10 Å². The number of carbonyl (C=O) groups excluding carboxylic acids is 1. The van der Waals surface area contributed by atoms with E-state index in [0.29, 0.717) is 29.3 Å². The van der Waals surface area contributed by atoms with E-state index in [4.69, 9.17) is 14.3 Å². The van der Waals surface area contributed by atoms with Gasteiger partial charge in [0.15, 0.2) is 11.6 Å². The minimum absolute atomic E-state index is 0.219. The molecule has 28 heavy (non-hydrogen) atoms. The summed E-state index contributed by atoms with van der Waals surface area (Å²) in [7, 11) is 1.56. The molecule has 4 rings (SSSR count). The zero-order valence-electron chi connectivity index (χ0n) is 16.0. The molecule has 0 radical (unpaired) electrons. The van der Waals surface area contributed by atoms with Crippen LogP contribution in [0.5, 0.6) is 5.75 Å². The largest absolute Gasteiger partial charge is 0.494 e. The second-order valence-electron chi connectivity index (χ2n) is 7.28. The monoisotopic (exact) mass is 384 g/mol. The average molecular weight is 384 g/mol. The highest BCUT2D eigenvalue weighted by molar-refractivity contribution is 6.04. The standard InChI is InChI=1S/C20H24N4O4/c1-12-21-18(11-28-12)20(26)22-17-7-14-9-24(23-16(14)8-19(17)27-2)15-5-3-13(10-25)4-6-15/h7-9,11,13,15,25H,3-6,10H2,1-2H3,(H,22,26)/t13-,15-. The lowest BCUT2D eigenvalue weighted by atomic mass is 9.87. The van der Waals surface area contributed by atoms with Crippen LogP contribution in [0.15, 0.2) is 29.0 Å². The minimum atomic E-state index is -0.357. The fraction of sp³-hybridized carbons (Fsp3) is 0.450. The molecule has 3 aromatic rings. The number of anilines is 1. The molecule has 1 saturated carbocycles. The normalized spacial score (nSPS) is 19.7. The lowest BCUT2D eigenvalue weighted by molar-refractivity contribution is 0.102. The first kappa shape index (κ1) is 18.5. The Morgan fingerprint density at radius 2 is 2.14 bits per heavy atom. The van der Waals surface area contributed by atoms with Crippen molar-refractivity contribution in [2.45, 2.75) is 38.6 Å². The van der Waals surface area contributed by atoms with E-state index >= 15 is 0 Å². The molecule has 0 aliphatic heterocycles. The van der Waals surface area contributed by atoms with E-state index in [1.807, 2.05) is 23.0 Å². The minimum Gasteiger partial charge on any atom is -0.494 e. The smallest absolute Gasteiger partial charge is 0.277 e. The van der Waals surface area contributed by atoms with Gasteiger partial charge in [-0.3, -0.25) is 9.48 Å². The number of ether oxygens (including phenoxy) is 1. The highest BCUT2D eigenvalue weighted by atomic mass is 16.5. The van der Waals surface area contributed by atoms with Crippen LogP contribution < -0.4 is 10.1 Å². The average Bonchev–Trinajstić information content (AvgIpc) is 3.33. The van der Waals surface area contributed by atoms with Crippen molar-refractivity contribution < 1.29 is 19.1 Å². The zero-order chi connectivity index (χ0) is 19.7. The first-order valence-electron chi connectivity index (χ1n) is 9.48. The molecule has 2 heterocycles. The number of aliphatic hydroxyl groups excluding tert-OH is 1. The number of fused-ring (bicyclic) bond motifs is 1. The maximum atomic E-state index is 12.4. The van der Waals surface area contributed by atoms with Crippen LogP contribution in [0.25, 0.3) is 10.9 Å². The number of aromatic nitrogens is 3. The first-order valence-corrected chi connectivity index (χ1v) is 9.48. The number of methoxy groups -OCH3 is 1. The van der Waals surface area contributed by atoms with E-state index < -0.39 is 0 Å². The molecular formula is C20H24N4O4. The summed E-state index contributed by atoms with van der Waals surface area (Å²) in [5.41, 5.74) is 1.59. The van der Waals surface area contributed by atoms with Crippen molar-refractivity contribution in [2.24, 2.45) is 5.92 Å². The number of aliphatic hydroxyl groups is 1. The maximum Gasteiger partial charge on any atom is 0.277 e. The lowest BCUT2D eigenvalue weighted by Crippen LogP contribution is -2.20. The van der Waals surface area contributed by atoms with Crippen molar-refractivity contribution in [3.8, 4) is 5.75 Å². The molecule has 1 aliphatic carbocycles. The lowest BCUT2D eigenvalue weighted by Gasteiger charge is -2.27. The van der Waals surface area contributed by atoms with Gasteiger partial charge in [0.1, 0.15) is 12.0 Å². The van der Waals surface area contributed by atoms with Crippen molar-refractivity contribution in [2.75, 3.05) is 19.0 Å². The summed E-state index contributed by atoms with van der Waals surface area (Å²) in [6.07, 6.45) is 7.38. The highest BCUT2D eigenvalue weighted by Gasteiger charge is 2.23. The van der Waals surface area contributed by atoms with Crippen molar-refractivity contribution in [1.29, 1.82) is 0 Å². The number of rotatable bonds is 5. The van der Waals surface area contributed by atoms with E-state index in [9.17, 15) is 9.90 Å². The Morgan fingerprint density at radius 1 is 1.36 bits per heavy atom. The Balaban J connectivity index is 1.58. The zero-order valence-corrected chi connectivity index (χ0v) is 16.0. The van der Waals surface area contributed by atoms with Crippen molar-refractivity contribution >= 4 is 22.5 Å².